The first-order valence-electron chi connectivity index (χ1n) is 7.69. The maximum atomic E-state index is 12.4. The average Bonchev–Trinajstić information content (AvgIpc) is 2.80. The number of nitrogens with zero attached hydrogens (tertiary/aromatic N) is 2. The lowest BCUT2D eigenvalue weighted by Gasteiger charge is -2.29. The van der Waals surface area contributed by atoms with Gasteiger partial charge in [-0.25, -0.2) is 17.9 Å². The van der Waals surface area contributed by atoms with E-state index in [1.54, 1.807) is 17.3 Å². The van der Waals surface area contributed by atoms with Crippen LogP contribution < -0.4 is 10.0 Å². The number of likely N-dealkylation sites (tertiary alicyclic amines) is 1. The van der Waals surface area contributed by atoms with Crippen LogP contribution in [-0.2, 0) is 16.4 Å². The number of rotatable bonds is 5. The van der Waals surface area contributed by atoms with E-state index < -0.39 is 10.0 Å². The molecule has 0 radical (unpaired) electrons. The van der Waals surface area contributed by atoms with Crippen molar-refractivity contribution >= 4 is 16.1 Å². The molecule has 0 spiro atoms. The third-order valence-corrected chi connectivity index (χ3v) is 4.51. The van der Waals surface area contributed by atoms with Crippen LogP contribution in [0, 0.1) is 0 Å². The van der Waals surface area contributed by atoms with E-state index in [1.807, 2.05) is 26.0 Å². The summed E-state index contributed by atoms with van der Waals surface area (Å²) in [6.07, 6.45) is 5.73. The minimum Gasteiger partial charge on any atom is -0.336 e. The maximum Gasteiger partial charge on any atom is 0.317 e. The first-order chi connectivity index (χ1) is 10.8. The molecule has 1 aromatic heterocycles. The maximum absolute atomic E-state index is 12.4. The van der Waals surface area contributed by atoms with E-state index in [4.69, 9.17) is 0 Å². The first-order valence-corrected chi connectivity index (χ1v) is 9.59. The summed E-state index contributed by atoms with van der Waals surface area (Å²) in [5.74, 6) is 0. The van der Waals surface area contributed by atoms with Gasteiger partial charge in [-0.1, -0.05) is 0 Å². The molecule has 0 saturated carbocycles. The summed E-state index contributed by atoms with van der Waals surface area (Å²) in [5, 5.41) is 2.88. The molecular weight excluding hydrogens is 316 g/mol. The molecule has 2 rings (SSSR count). The predicted molar refractivity (Wildman–Crippen MR) is 88.5 cm³/mol. The smallest absolute Gasteiger partial charge is 0.317 e. The second kappa shape index (κ2) is 7.27. The summed E-state index contributed by atoms with van der Waals surface area (Å²) in [5.41, 5.74) is 1.02. The Balaban J connectivity index is 2.19. The van der Waals surface area contributed by atoms with Crippen LogP contribution >= 0.6 is 0 Å². The normalized spacial score (nSPS) is 21.7. The Bertz CT molecular complexity index is 633. The molecule has 2 atom stereocenters. The molecule has 1 saturated heterocycles. The number of sulfonamides is 1. The Kier molecular flexibility index (Phi) is 5.59. The molecule has 2 heterocycles. The van der Waals surface area contributed by atoms with Gasteiger partial charge in [-0.05, 0) is 44.4 Å². The Morgan fingerprint density at radius 3 is 2.61 bits per heavy atom. The number of pyridine rings is 1. The van der Waals surface area contributed by atoms with Crippen molar-refractivity contribution in [1.29, 1.82) is 0 Å². The Morgan fingerprint density at radius 2 is 2.04 bits per heavy atom. The molecule has 1 aliphatic heterocycles. The number of amides is 2. The van der Waals surface area contributed by atoms with Crippen LogP contribution in [0.4, 0.5) is 4.79 Å². The molecule has 1 aromatic rings. The summed E-state index contributed by atoms with van der Waals surface area (Å²) in [6.45, 7) is 4.33. The van der Waals surface area contributed by atoms with Crippen LogP contribution in [0.2, 0.25) is 0 Å². The Hall–Kier alpha value is -1.67. The fourth-order valence-electron chi connectivity index (χ4n) is 2.86. The van der Waals surface area contributed by atoms with Gasteiger partial charge in [0.1, 0.15) is 0 Å². The summed E-state index contributed by atoms with van der Waals surface area (Å²) in [7, 11) is -3.33. The standard InChI is InChI=1S/C15H24N4O3S/c1-11(2)17-15(20)19-9-6-13(18-23(3,21)22)14(19)10-12-4-7-16-8-5-12/h4-5,7-8,11,13-14,18H,6,9-10H2,1-3H3,(H,17,20)/t13-,14+/m1/s1. The Labute approximate surface area is 137 Å². The topological polar surface area (TPSA) is 91.4 Å². The van der Waals surface area contributed by atoms with E-state index in [2.05, 4.69) is 15.0 Å². The second-order valence-corrected chi connectivity index (χ2v) is 7.99. The highest BCUT2D eigenvalue weighted by atomic mass is 32.2. The van der Waals surface area contributed by atoms with Crippen molar-refractivity contribution in [3.63, 3.8) is 0 Å². The van der Waals surface area contributed by atoms with E-state index in [0.717, 1.165) is 11.8 Å². The van der Waals surface area contributed by atoms with E-state index in [1.165, 1.54) is 0 Å². The number of carbonyl (C=O) groups is 1. The van der Waals surface area contributed by atoms with Gasteiger partial charge in [0.15, 0.2) is 0 Å². The van der Waals surface area contributed by atoms with Crippen LogP contribution in [-0.4, -0.2) is 55.3 Å². The van der Waals surface area contributed by atoms with Crippen molar-refractivity contribution < 1.29 is 13.2 Å². The molecule has 1 fully saturated rings. The predicted octanol–water partition coefficient (Wildman–Crippen LogP) is 0.734. The summed E-state index contributed by atoms with van der Waals surface area (Å²) in [6, 6.07) is 3.15. The molecule has 2 amide bonds. The molecule has 128 valence electrons. The van der Waals surface area contributed by atoms with Crippen LogP contribution in [0.3, 0.4) is 0 Å². The van der Waals surface area contributed by atoms with E-state index >= 15 is 0 Å². The molecule has 2 N–H and O–H groups in total. The molecule has 0 unspecified atom stereocenters. The van der Waals surface area contributed by atoms with Gasteiger partial charge in [-0.15, -0.1) is 0 Å². The lowest BCUT2D eigenvalue weighted by molar-refractivity contribution is 0.186. The van der Waals surface area contributed by atoms with Gasteiger partial charge in [0.2, 0.25) is 10.0 Å². The van der Waals surface area contributed by atoms with Crippen LogP contribution in [0.15, 0.2) is 24.5 Å². The summed E-state index contributed by atoms with van der Waals surface area (Å²) < 4.78 is 25.9. The summed E-state index contributed by atoms with van der Waals surface area (Å²) >= 11 is 0. The highest BCUT2D eigenvalue weighted by molar-refractivity contribution is 7.88. The molecular formula is C15H24N4O3S. The number of aromatic nitrogens is 1. The average molecular weight is 340 g/mol. The minimum atomic E-state index is -3.33. The zero-order valence-electron chi connectivity index (χ0n) is 13.7. The van der Waals surface area contributed by atoms with Crippen molar-refractivity contribution in [3.05, 3.63) is 30.1 Å². The molecule has 0 aliphatic carbocycles. The number of nitrogens with one attached hydrogen (secondary N) is 2. The molecule has 23 heavy (non-hydrogen) atoms. The van der Waals surface area contributed by atoms with Crippen molar-refractivity contribution in [3.8, 4) is 0 Å². The highest BCUT2D eigenvalue weighted by Crippen LogP contribution is 2.22. The monoisotopic (exact) mass is 340 g/mol. The third-order valence-electron chi connectivity index (χ3n) is 3.78. The van der Waals surface area contributed by atoms with Gasteiger partial charge in [0.25, 0.3) is 0 Å². The molecule has 0 bridgehead atoms. The first kappa shape index (κ1) is 17.7. The highest BCUT2D eigenvalue weighted by Gasteiger charge is 2.38. The summed E-state index contributed by atoms with van der Waals surface area (Å²) in [4.78, 5) is 18.1. The lowest BCUT2D eigenvalue weighted by Crippen LogP contribution is -2.51. The number of hydrogen-bond acceptors (Lipinski definition) is 4. The lowest BCUT2D eigenvalue weighted by atomic mass is 10.0. The van der Waals surface area contributed by atoms with Crippen molar-refractivity contribution in [2.24, 2.45) is 0 Å². The third kappa shape index (κ3) is 5.18. The minimum absolute atomic E-state index is 0.0333. The fraction of sp³-hybridized carbons (Fsp3) is 0.600. The van der Waals surface area contributed by atoms with Crippen molar-refractivity contribution in [1.82, 2.24) is 19.9 Å². The zero-order valence-corrected chi connectivity index (χ0v) is 14.5. The number of hydrogen-bond donors (Lipinski definition) is 2. The van der Waals surface area contributed by atoms with Gasteiger partial charge in [-0.3, -0.25) is 4.98 Å². The van der Waals surface area contributed by atoms with E-state index in [-0.39, 0.29) is 24.2 Å². The largest absolute Gasteiger partial charge is 0.336 e. The van der Waals surface area contributed by atoms with Gasteiger partial charge >= 0.3 is 6.03 Å². The van der Waals surface area contributed by atoms with Gasteiger partial charge in [-0.2, -0.15) is 0 Å². The zero-order chi connectivity index (χ0) is 17.0. The van der Waals surface area contributed by atoms with Crippen LogP contribution in [0.5, 0.6) is 0 Å². The Morgan fingerprint density at radius 1 is 1.39 bits per heavy atom. The SMILES string of the molecule is CC(C)NC(=O)N1CC[C@@H](NS(C)(=O)=O)[C@@H]1Cc1ccncc1. The van der Waals surface area contributed by atoms with Crippen LogP contribution in [0.25, 0.3) is 0 Å². The second-order valence-electron chi connectivity index (χ2n) is 6.21. The van der Waals surface area contributed by atoms with Gasteiger partial charge in [0, 0.05) is 31.0 Å². The van der Waals surface area contributed by atoms with Gasteiger partial charge < -0.3 is 10.2 Å². The quantitative estimate of drug-likeness (QED) is 0.827. The van der Waals surface area contributed by atoms with E-state index in [9.17, 15) is 13.2 Å². The van der Waals surface area contributed by atoms with Gasteiger partial charge in [0.05, 0.1) is 12.3 Å². The molecule has 1 aliphatic rings. The molecule has 0 aromatic carbocycles. The molecule has 8 heteroatoms. The fourth-order valence-corrected chi connectivity index (χ4v) is 3.69. The number of urea groups is 1. The van der Waals surface area contributed by atoms with Crippen molar-refractivity contribution in [2.45, 2.75) is 44.8 Å². The number of carbonyl (C=O) groups excluding carboxylic acids is 1. The molecule has 7 nitrogen and oxygen atoms in total. The van der Waals surface area contributed by atoms with Crippen LogP contribution in [0.1, 0.15) is 25.8 Å². The van der Waals surface area contributed by atoms with Crippen molar-refractivity contribution in [2.75, 3.05) is 12.8 Å². The van der Waals surface area contributed by atoms with E-state index in [0.29, 0.717) is 19.4 Å².